The molecule has 1 aliphatic heterocycles. The number of carbonyl (C=O) groups excluding carboxylic acids is 2. The summed E-state index contributed by atoms with van der Waals surface area (Å²) in [6.07, 6.45) is 0.714. The van der Waals surface area contributed by atoms with E-state index >= 15 is 0 Å². The van der Waals surface area contributed by atoms with Crippen LogP contribution in [-0.4, -0.2) is 28.2 Å². The Bertz CT molecular complexity index is 1500. The Morgan fingerprint density at radius 3 is 2.67 bits per heavy atom. The summed E-state index contributed by atoms with van der Waals surface area (Å²) < 4.78 is 20.3. The van der Waals surface area contributed by atoms with Gasteiger partial charge in [-0.1, -0.05) is 49.7 Å². The highest BCUT2D eigenvalue weighted by Crippen LogP contribution is 2.38. The van der Waals surface area contributed by atoms with Gasteiger partial charge in [-0.15, -0.1) is 11.3 Å². The fraction of sp³-hybridized carbons (Fsp3) is 0.258. The number of ether oxygens (including phenoxy) is 1. The van der Waals surface area contributed by atoms with Gasteiger partial charge in [0.25, 0.3) is 5.91 Å². The van der Waals surface area contributed by atoms with Crippen molar-refractivity contribution >= 4 is 28.8 Å². The van der Waals surface area contributed by atoms with Crippen molar-refractivity contribution in [2.24, 2.45) is 5.92 Å². The molecule has 3 aromatic carbocycles. The maximum absolute atomic E-state index is 14.2. The van der Waals surface area contributed by atoms with Gasteiger partial charge in [0.15, 0.2) is 0 Å². The average Bonchev–Trinajstić information content (AvgIpc) is 3.41. The van der Waals surface area contributed by atoms with Gasteiger partial charge in [-0.05, 0) is 66.4 Å². The molecular weight excluding hydrogens is 513 g/mol. The van der Waals surface area contributed by atoms with Crippen LogP contribution in [0.1, 0.15) is 57.6 Å². The van der Waals surface area contributed by atoms with E-state index in [-0.39, 0.29) is 30.2 Å². The molecule has 0 saturated heterocycles. The molecule has 2 amide bonds. The highest BCUT2D eigenvalue weighted by atomic mass is 32.1. The summed E-state index contributed by atoms with van der Waals surface area (Å²) in [7, 11) is 0. The van der Waals surface area contributed by atoms with Crippen molar-refractivity contribution < 1.29 is 18.7 Å². The molecule has 0 unspecified atom stereocenters. The van der Waals surface area contributed by atoms with Crippen molar-refractivity contribution in [3.63, 3.8) is 0 Å². The Labute approximate surface area is 231 Å². The van der Waals surface area contributed by atoms with Crippen molar-refractivity contribution in [1.29, 1.82) is 0 Å². The van der Waals surface area contributed by atoms with Gasteiger partial charge >= 0.3 is 0 Å². The Hall–Kier alpha value is -4.04. The molecule has 0 aliphatic carbocycles. The molecule has 0 bridgehead atoms. The number of aromatic nitrogens is 1. The number of fused-ring (bicyclic) bond motifs is 1. The Morgan fingerprint density at radius 2 is 1.92 bits per heavy atom. The van der Waals surface area contributed by atoms with Crippen LogP contribution in [0.15, 0.2) is 72.1 Å². The number of anilines is 1. The van der Waals surface area contributed by atoms with Gasteiger partial charge in [-0.25, -0.2) is 9.37 Å². The van der Waals surface area contributed by atoms with Gasteiger partial charge in [0.1, 0.15) is 28.9 Å². The molecule has 0 spiro atoms. The second kappa shape index (κ2) is 11.4. The highest BCUT2D eigenvalue weighted by molar-refractivity contribution is 7.09. The van der Waals surface area contributed by atoms with E-state index in [1.807, 2.05) is 74.2 Å². The first-order chi connectivity index (χ1) is 18.8. The number of nitrogens with zero attached hydrogens (tertiary/aromatic N) is 2. The molecule has 0 saturated carbocycles. The Kier molecular flexibility index (Phi) is 7.74. The maximum Gasteiger partial charge on any atom is 0.275 e. The molecule has 1 aliphatic rings. The van der Waals surface area contributed by atoms with Crippen LogP contribution in [0.3, 0.4) is 0 Å². The van der Waals surface area contributed by atoms with Crippen LogP contribution in [-0.2, 0) is 17.8 Å². The van der Waals surface area contributed by atoms with Crippen LogP contribution in [0.2, 0.25) is 0 Å². The van der Waals surface area contributed by atoms with Crippen molar-refractivity contribution in [1.82, 2.24) is 9.88 Å². The third-order valence-corrected chi connectivity index (χ3v) is 7.57. The van der Waals surface area contributed by atoms with E-state index in [0.29, 0.717) is 35.1 Å². The minimum atomic E-state index is -0.403. The van der Waals surface area contributed by atoms with E-state index in [1.54, 1.807) is 11.4 Å². The summed E-state index contributed by atoms with van der Waals surface area (Å²) in [6, 6.07) is 19.5. The summed E-state index contributed by atoms with van der Waals surface area (Å²) in [6.45, 7) is 6.51. The third kappa shape index (κ3) is 6.01. The van der Waals surface area contributed by atoms with E-state index in [9.17, 15) is 14.0 Å². The molecule has 6 nitrogen and oxygen atoms in total. The Balaban J connectivity index is 1.34. The summed E-state index contributed by atoms with van der Waals surface area (Å²) in [5, 5.41) is 5.24. The summed E-state index contributed by atoms with van der Waals surface area (Å²) >= 11 is 1.35. The van der Waals surface area contributed by atoms with E-state index in [0.717, 1.165) is 22.3 Å². The molecule has 8 heteroatoms. The number of nitrogens with one attached hydrogen (secondary N) is 1. The van der Waals surface area contributed by atoms with Gasteiger partial charge in [0.05, 0.1) is 6.04 Å². The van der Waals surface area contributed by atoms with Gasteiger partial charge in [-0.2, -0.15) is 0 Å². The van der Waals surface area contributed by atoms with E-state index in [1.165, 1.54) is 23.5 Å². The van der Waals surface area contributed by atoms with E-state index in [2.05, 4.69) is 10.3 Å². The lowest BCUT2D eigenvalue weighted by Crippen LogP contribution is -2.42. The van der Waals surface area contributed by atoms with Crippen molar-refractivity contribution in [3.05, 3.63) is 111 Å². The number of hydrogen-bond acceptors (Lipinski definition) is 5. The van der Waals surface area contributed by atoms with Crippen LogP contribution >= 0.6 is 11.3 Å². The number of hydrogen-bond donors (Lipinski definition) is 1. The molecule has 1 atom stereocenters. The van der Waals surface area contributed by atoms with Crippen molar-refractivity contribution in [2.75, 3.05) is 11.9 Å². The Morgan fingerprint density at radius 1 is 1.13 bits per heavy atom. The molecule has 5 rings (SSSR count). The van der Waals surface area contributed by atoms with Gasteiger partial charge in [-0.3, -0.25) is 9.59 Å². The molecule has 39 heavy (non-hydrogen) atoms. The van der Waals surface area contributed by atoms with Gasteiger partial charge in [0, 0.05) is 23.5 Å². The van der Waals surface area contributed by atoms with E-state index in [4.69, 9.17) is 4.74 Å². The standard InChI is InChI=1S/C31H30FN3O3S/c1-19(2)31(37)35-14-13-21-9-12-25(16-26(21)29(35)22-5-4-6-23(32)15-22)38-17-28-34-27(18-39-28)30(36)33-24-10-7-20(3)8-11-24/h4-12,15-16,18-19,29H,13-14,17H2,1-3H3,(H,33,36)/t29-/m0/s1. The molecule has 4 aromatic rings. The fourth-order valence-electron chi connectivity index (χ4n) is 4.75. The molecule has 1 aromatic heterocycles. The van der Waals surface area contributed by atoms with Crippen LogP contribution < -0.4 is 10.1 Å². The van der Waals surface area contributed by atoms with Crippen molar-refractivity contribution in [2.45, 2.75) is 39.8 Å². The van der Waals surface area contributed by atoms with Crippen molar-refractivity contribution in [3.8, 4) is 5.75 Å². The van der Waals surface area contributed by atoms with Crippen LogP contribution in [0, 0.1) is 18.7 Å². The first-order valence-corrected chi connectivity index (χ1v) is 13.8. The number of benzene rings is 3. The zero-order valence-corrected chi connectivity index (χ0v) is 22.9. The molecule has 0 radical (unpaired) electrons. The molecular formula is C31H30FN3O3S. The number of halogens is 1. The lowest BCUT2D eigenvalue weighted by Gasteiger charge is -2.39. The van der Waals surface area contributed by atoms with Gasteiger partial charge < -0.3 is 15.0 Å². The highest BCUT2D eigenvalue weighted by Gasteiger charge is 2.33. The van der Waals surface area contributed by atoms with E-state index < -0.39 is 6.04 Å². The minimum Gasteiger partial charge on any atom is -0.486 e. The zero-order valence-electron chi connectivity index (χ0n) is 22.1. The van der Waals surface area contributed by atoms with Crippen LogP contribution in [0.5, 0.6) is 5.75 Å². The minimum absolute atomic E-state index is 0.0282. The number of thiazole rings is 1. The lowest BCUT2D eigenvalue weighted by atomic mass is 9.87. The smallest absolute Gasteiger partial charge is 0.275 e. The topological polar surface area (TPSA) is 71.5 Å². The summed E-state index contributed by atoms with van der Waals surface area (Å²) in [4.78, 5) is 32.0. The monoisotopic (exact) mass is 543 g/mol. The lowest BCUT2D eigenvalue weighted by molar-refractivity contribution is -0.136. The molecule has 1 N–H and O–H groups in total. The molecule has 200 valence electrons. The SMILES string of the molecule is Cc1ccc(NC(=O)c2csc(COc3ccc4c(c3)[C@H](c3cccc(F)c3)N(C(=O)C(C)C)CC4)n2)cc1. The fourth-order valence-corrected chi connectivity index (χ4v) is 5.43. The first kappa shape index (κ1) is 26.6. The number of amides is 2. The number of aryl methyl sites for hydroxylation is 1. The third-order valence-electron chi connectivity index (χ3n) is 6.74. The predicted molar refractivity (Wildman–Crippen MR) is 151 cm³/mol. The largest absolute Gasteiger partial charge is 0.486 e. The maximum atomic E-state index is 14.2. The summed E-state index contributed by atoms with van der Waals surface area (Å²) in [5.74, 6) is -0.141. The molecule has 0 fully saturated rings. The quantitative estimate of drug-likeness (QED) is 0.287. The predicted octanol–water partition coefficient (Wildman–Crippen LogP) is 6.55. The van der Waals surface area contributed by atoms with Gasteiger partial charge in [0.2, 0.25) is 5.91 Å². The first-order valence-electron chi connectivity index (χ1n) is 12.9. The summed E-state index contributed by atoms with van der Waals surface area (Å²) in [5.41, 5.74) is 4.92. The second-order valence-corrected chi connectivity index (χ2v) is 10.9. The normalized spacial score (nSPS) is 14.7. The van der Waals surface area contributed by atoms with Crippen LogP contribution in [0.25, 0.3) is 0 Å². The second-order valence-electron chi connectivity index (χ2n) is 9.99. The average molecular weight is 544 g/mol. The molecule has 2 heterocycles. The number of rotatable bonds is 7. The zero-order chi connectivity index (χ0) is 27.5. The van der Waals surface area contributed by atoms with Crippen LogP contribution in [0.4, 0.5) is 10.1 Å². The number of carbonyl (C=O) groups is 2.